The Morgan fingerprint density at radius 3 is 2.62 bits per heavy atom. The molecule has 0 saturated carbocycles. The van der Waals surface area contributed by atoms with Crippen molar-refractivity contribution >= 4 is 17.4 Å². The summed E-state index contributed by atoms with van der Waals surface area (Å²) >= 11 is 1.23. The van der Waals surface area contributed by atoms with Gasteiger partial charge < -0.3 is 4.52 Å². The highest BCUT2D eigenvalue weighted by Crippen LogP contribution is 2.31. The molecule has 0 N–H and O–H groups in total. The molecule has 0 bridgehead atoms. The van der Waals surface area contributed by atoms with Crippen molar-refractivity contribution in [3.63, 3.8) is 0 Å². The zero-order valence-corrected chi connectivity index (χ0v) is 14.0. The number of fused-ring (bicyclic) bond motifs is 1. The van der Waals surface area contributed by atoms with E-state index in [1.165, 1.54) is 22.2 Å². The van der Waals surface area contributed by atoms with Crippen LogP contribution in [0.2, 0.25) is 0 Å². The Hall–Kier alpha value is -2.81. The van der Waals surface area contributed by atoms with Gasteiger partial charge in [0.1, 0.15) is 11.5 Å². The second-order valence-corrected chi connectivity index (χ2v) is 6.40. The summed E-state index contributed by atoms with van der Waals surface area (Å²) in [6.07, 6.45) is -3.43. The summed E-state index contributed by atoms with van der Waals surface area (Å²) in [6, 6.07) is 13.6. The number of pyridine rings is 1. The Kier molecular flexibility index (Phi) is 4.15. The van der Waals surface area contributed by atoms with Crippen molar-refractivity contribution in [2.24, 2.45) is 0 Å². The van der Waals surface area contributed by atoms with Crippen LogP contribution in [0.15, 0.2) is 64.4 Å². The van der Waals surface area contributed by atoms with Gasteiger partial charge in [0.25, 0.3) is 0 Å². The van der Waals surface area contributed by atoms with Gasteiger partial charge in [0.05, 0.1) is 11.3 Å². The van der Waals surface area contributed by atoms with Crippen LogP contribution in [0.4, 0.5) is 13.2 Å². The van der Waals surface area contributed by atoms with Gasteiger partial charge in [-0.05, 0) is 12.1 Å². The number of nitrogens with zero attached hydrogens (tertiary/aromatic N) is 4. The van der Waals surface area contributed by atoms with Crippen LogP contribution in [0, 0.1) is 0 Å². The first-order valence-electron chi connectivity index (χ1n) is 7.56. The molecule has 4 rings (SSSR count). The molecule has 0 fully saturated rings. The number of aromatic nitrogens is 4. The lowest BCUT2D eigenvalue weighted by Gasteiger charge is -2.07. The minimum atomic E-state index is -4.42. The predicted octanol–water partition coefficient (Wildman–Crippen LogP) is 4.70. The van der Waals surface area contributed by atoms with E-state index in [0.29, 0.717) is 28.0 Å². The van der Waals surface area contributed by atoms with Gasteiger partial charge in [-0.3, -0.25) is 4.40 Å². The summed E-state index contributed by atoms with van der Waals surface area (Å²) in [6.45, 7) is 0. The van der Waals surface area contributed by atoms with Crippen molar-refractivity contribution in [1.82, 2.24) is 19.8 Å². The van der Waals surface area contributed by atoms with E-state index < -0.39 is 11.7 Å². The number of hydrogen-bond donors (Lipinski definition) is 0. The van der Waals surface area contributed by atoms with E-state index in [1.807, 2.05) is 30.3 Å². The molecular weight excluding hydrogens is 365 g/mol. The van der Waals surface area contributed by atoms with E-state index in [-0.39, 0.29) is 0 Å². The van der Waals surface area contributed by atoms with Gasteiger partial charge in [0.2, 0.25) is 0 Å². The van der Waals surface area contributed by atoms with Crippen molar-refractivity contribution in [3.05, 3.63) is 66.1 Å². The molecule has 0 atom stereocenters. The minimum absolute atomic E-state index is 0.350. The maximum atomic E-state index is 12.9. The lowest BCUT2D eigenvalue weighted by molar-refractivity contribution is -0.137. The molecule has 5 nitrogen and oxygen atoms in total. The summed E-state index contributed by atoms with van der Waals surface area (Å²) < 4.78 is 45.3. The predicted molar refractivity (Wildman–Crippen MR) is 89.5 cm³/mol. The third-order valence-electron chi connectivity index (χ3n) is 3.67. The van der Waals surface area contributed by atoms with E-state index >= 15 is 0 Å². The Labute approximate surface area is 149 Å². The van der Waals surface area contributed by atoms with E-state index in [2.05, 4.69) is 15.4 Å². The molecule has 0 unspecified atom stereocenters. The lowest BCUT2D eigenvalue weighted by atomic mass is 10.1. The fourth-order valence-corrected chi connectivity index (χ4v) is 3.19. The Bertz CT molecular complexity index is 1040. The number of halogens is 3. The number of thioether (sulfide) groups is 1. The van der Waals surface area contributed by atoms with Crippen LogP contribution < -0.4 is 0 Å². The Morgan fingerprint density at radius 1 is 1.04 bits per heavy atom. The molecule has 26 heavy (non-hydrogen) atoms. The van der Waals surface area contributed by atoms with E-state index in [9.17, 15) is 13.2 Å². The SMILES string of the molecule is FC(F)(F)c1ccc2nnc(SCc3cc(-c4ccccc4)no3)n2c1. The molecule has 3 heterocycles. The second-order valence-electron chi connectivity index (χ2n) is 5.46. The van der Waals surface area contributed by atoms with Crippen molar-refractivity contribution < 1.29 is 17.7 Å². The van der Waals surface area contributed by atoms with Gasteiger partial charge in [-0.25, -0.2) is 0 Å². The topological polar surface area (TPSA) is 56.2 Å². The van der Waals surface area contributed by atoms with Gasteiger partial charge >= 0.3 is 6.18 Å². The summed E-state index contributed by atoms with van der Waals surface area (Å²) in [5.74, 6) is 0.967. The molecule has 0 aliphatic heterocycles. The van der Waals surface area contributed by atoms with Crippen LogP contribution in [-0.4, -0.2) is 19.8 Å². The Morgan fingerprint density at radius 2 is 1.85 bits per heavy atom. The van der Waals surface area contributed by atoms with Crippen LogP contribution in [0.1, 0.15) is 11.3 Å². The van der Waals surface area contributed by atoms with E-state index in [1.54, 1.807) is 6.07 Å². The van der Waals surface area contributed by atoms with Crippen LogP contribution >= 0.6 is 11.8 Å². The average molecular weight is 376 g/mol. The third kappa shape index (κ3) is 3.30. The first kappa shape index (κ1) is 16.6. The molecule has 3 aromatic heterocycles. The molecule has 4 aromatic rings. The van der Waals surface area contributed by atoms with Crippen molar-refractivity contribution in [3.8, 4) is 11.3 Å². The monoisotopic (exact) mass is 376 g/mol. The molecule has 0 spiro atoms. The maximum absolute atomic E-state index is 12.9. The van der Waals surface area contributed by atoms with Crippen molar-refractivity contribution in [1.29, 1.82) is 0 Å². The van der Waals surface area contributed by atoms with E-state index in [4.69, 9.17) is 4.52 Å². The van der Waals surface area contributed by atoms with Crippen molar-refractivity contribution in [2.45, 2.75) is 17.1 Å². The first-order chi connectivity index (χ1) is 12.5. The molecule has 1 aromatic carbocycles. The smallest absolute Gasteiger partial charge is 0.360 e. The van der Waals surface area contributed by atoms with Gasteiger partial charge in [-0.2, -0.15) is 13.2 Å². The molecule has 132 valence electrons. The summed E-state index contributed by atoms with van der Waals surface area (Å²) in [5.41, 5.74) is 1.22. The highest BCUT2D eigenvalue weighted by Gasteiger charge is 2.31. The van der Waals surface area contributed by atoms with Crippen LogP contribution in [0.3, 0.4) is 0 Å². The molecule has 0 aliphatic carbocycles. The van der Waals surface area contributed by atoms with Gasteiger partial charge in [0.15, 0.2) is 10.8 Å². The highest BCUT2D eigenvalue weighted by atomic mass is 32.2. The molecular formula is C17H11F3N4OS. The number of benzene rings is 1. The molecule has 0 amide bonds. The fourth-order valence-electron chi connectivity index (χ4n) is 2.40. The maximum Gasteiger partial charge on any atom is 0.417 e. The zero-order valence-electron chi connectivity index (χ0n) is 13.1. The summed E-state index contributed by atoms with van der Waals surface area (Å²) in [7, 11) is 0. The summed E-state index contributed by atoms with van der Waals surface area (Å²) in [5, 5.41) is 12.2. The summed E-state index contributed by atoms with van der Waals surface area (Å²) in [4.78, 5) is 0. The van der Waals surface area contributed by atoms with Gasteiger partial charge in [0, 0.05) is 17.8 Å². The first-order valence-corrected chi connectivity index (χ1v) is 8.55. The largest absolute Gasteiger partial charge is 0.417 e. The lowest BCUT2D eigenvalue weighted by Crippen LogP contribution is -2.06. The van der Waals surface area contributed by atoms with Crippen LogP contribution in [0.25, 0.3) is 16.9 Å². The molecule has 9 heteroatoms. The zero-order chi connectivity index (χ0) is 18.1. The van der Waals surface area contributed by atoms with E-state index in [0.717, 1.165) is 17.8 Å². The quantitative estimate of drug-likeness (QED) is 0.484. The average Bonchev–Trinajstić information content (AvgIpc) is 3.26. The number of hydrogen-bond acceptors (Lipinski definition) is 5. The Balaban J connectivity index is 1.54. The number of alkyl halides is 3. The standard InChI is InChI=1S/C17H11F3N4OS/c18-17(19,20)12-6-7-15-21-22-16(24(15)9-12)26-10-13-8-14(23-25-13)11-4-2-1-3-5-11/h1-9H,10H2. The normalized spacial score (nSPS) is 12.0. The van der Waals surface area contributed by atoms with Crippen LogP contribution in [-0.2, 0) is 11.9 Å². The van der Waals surface area contributed by atoms with Crippen LogP contribution in [0.5, 0.6) is 0 Å². The number of rotatable bonds is 4. The molecule has 0 aliphatic rings. The fraction of sp³-hybridized carbons (Fsp3) is 0.118. The molecule has 0 radical (unpaired) electrons. The third-order valence-corrected chi connectivity index (χ3v) is 4.64. The van der Waals surface area contributed by atoms with Gasteiger partial charge in [-0.1, -0.05) is 47.3 Å². The second kappa shape index (κ2) is 6.49. The molecule has 0 saturated heterocycles. The van der Waals surface area contributed by atoms with Gasteiger partial charge in [-0.15, -0.1) is 10.2 Å². The van der Waals surface area contributed by atoms with Crippen molar-refractivity contribution in [2.75, 3.05) is 0 Å². The highest BCUT2D eigenvalue weighted by molar-refractivity contribution is 7.98. The minimum Gasteiger partial charge on any atom is -0.360 e.